The van der Waals surface area contributed by atoms with Crippen molar-refractivity contribution in [2.45, 2.75) is 31.7 Å². The second kappa shape index (κ2) is 13.7. The highest BCUT2D eigenvalue weighted by atomic mass is 16.3. The third-order valence-corrected chi connectivity index (χ3v) is 7.88. The van der Waals surface area contributed by atoms with Crippen molar-refractivity contribution in [3.05, 3.63) is 132 Å². The smallest absolute Gasteiger partial charge is 0.240 e. The zero-order valence-corrected chi connectivity index (χ0v) is 24.5. The van der Waals surface area contributed by atoms with Crippen molar-refractivity contribution in [1.29, 1.82) is 0 Å². The molecule has 9 heteroatoms. The number of rotatable bonds is 12. The fraction of sp³-hybridized carbons (Fsp3) is 0.200. The summed E-state index contributed by atoms with van der Waals surface area (Å²) < 4.78 is 0. The van der Waals surface area contributed by atoms with Gasteiger partial charge in [-0.15, -0.1) is 6.58 Å². The number of carbonyl (C=O) groups excluding carboxylic acids is 1. The zero-order valence-electron chi connectivity index (χ0n) is 24.5. The highest BCUT2D eigenvalue weighted by Crippen LogP contribution is 2.29. The highest BCUT2D eigenvalue weighted by molar-refractivity contribution is 5.95. The topological polar surface area (TPSA) is 109 Å². The van der Waals surface area contributed by atoms with E-state index in [9.17, 15) is 9.90 Å². The van der Waals surface area contributed by atoms with Crippen LogP contribution in [0.4, 0.5) is 0 Å². The van der Waals surface area contributed by atoms with Crippen LogP contribution in [0.2, 0.25) is 0 Å². The monoisotopic (exact) mass is 587 g/mol. The van der Waals surface area contributed by atoms with Gasteiger partial charge in [0.15, 0.2) is 0 Å². The van der Waals surface area contributed by atoms with Crippen LogP contribution in [0, 0.1) is 0 Å². The van der Waals surface area contributed by atoms with Crippen LogP contribution in [-0.2, 0) is 24.3 Å². The summed E-state index contributed by atoms with van der Waals surface area (Å²) in [6.07, 6.45) is 2.03. The van der Waals surface area contributed by atoms with Gasteiger partial charge in [0, 0.05) is 30.6 Å². The van der Waals surface area contributed by atoms with Gasteiger partial charge in [-0.2, -0.15) is 10.2 Å². The van der Waals surface area contributed by atoms with Crippen LogP contribution >= 0.6 is 0 Å². The first-order valence-electron chi connectivity index (χ1n) is 14.8. The maximum Gasteiger partial charge on any atom is 0.240 e. The van der Waals surface area contributed by atoms with Gasteiger partial charge in [0.1, 0.15) is 11.9 Å². The number of hydrazine groups is 2. The van der Waals surface area contributed by atoms with Gasteiger partial charge in [-0.1, -0.05) is 97.1 Å². The molecule has 1 amide bonds. The Kier molecular flexibility index (Phi) is 9.09. The molecule has 2 heterocycles. The first kappa shape index (κ1) is 29.3. The SMILES string of the molecule is C=CCNN(NCc1ccccc1)[C@H]1CN(Cc2cccc3c(-c4ccccc4)n[nH]c23)C(=O)[C@H](Cc2ccc(O)cc2)N1. The molecule has 0 radical (unpaired) electrons. The first-order valence-corrected chi connectivity index (χ1v) is 14.8. The molecule has 1 aliphatic rings. The number of nitrogens with one attached hydrogen (secondary N) is 4. The van der Waals surface area contributed by atoms with E-state index in [0.717, 1.165) is 38.9 Å². The highest BCUT2D eigenvalue weighted by Gasteiger charge is 2.37. The van der Waals surface area contributed by atoms with Crippen molar-refractivity contribution in [1.82, 2.24) is 36.4 Å². The number of aromatic nitrogens is 2. The van der Waals surface area contributed by atoms with Gasteiger partial charge >= 0.3 is 0 Å². The van der Waals surface area contributed by atoms with E-state index in [2.05, 4.69) is 57.2 Å². The number of fused-ring (bicyclic) bond motifs is 1. The number of carbonyl (C=O) groups is 1. The van der Waals surface area contributed by atoms with Crippen molar-refractivity contribution in [2.75, 3.05) is 13.1 Å². The molecule has 4 aromatic carbocycles. The van der Waals surface area contributed by atoms with Gasteiger partial charge in [-0.3, -0.25) is 15.2 Å². The zero-order chi connectivity index (χ0) is 30.3. The quantitative estimate of drug-likeness (QED) is 0.108. The molecular formula is C35H37N7O2. The maximum absolute atomic E-state index is 14.0. The molecule has 0 unspecified atom stereocenters. The minimum Gasteiger partial charge on any atom is -0.508 e. The van der Waals surface area contributed by atoms with E-state index < -0.39 is 6.04 Å². The molecule has 0 saturated carbocycles. The molecule has 1 fully saturated rings. The molecule has 9 nitrogen and oxygen atoms in total. The lowest BCUT2D eigenvalue weighted by molar-refractivity contribution is -0.142. The molecular weight excluding hydrogens is 550 g/mol. The molecule has 5 aromatic rings. The van der Waals surface area contributed by atoms with Gasteiger partial charge < -0.3 is 10.0 Å². The Morgan fingerprint density at radius 2 is 1.68 bits per heavy atom. The van der Waals surface area contributed by atoms with Crippen molar-refractivity contribution in [3.63, 3.8) is 0 Å². The third kappa shape index (κ3) is 6.72. The lowest BCUT2D eigenvalue weighted by Crippen LogP contribution is -2.70. The molecule has 224 valence electrons. The summed E-state index contributed by atoms with van der Waals surface area (Å²) in [5.41, 5.74) is 12.9. The Balaban J connectivity index is 1.29. The minimum absolute atomic E-state index is 0.0147. The maximum atomic E-state index is 14.0. The molecule has 0 spiro atoms. The van der Waals surface area contributed by atoms with E-state index in [1.807, 2.05) is 76.7 Å². The largest absolute Gasteiger partial charge is 0.508 e. The molecule has 0 bridgehead atoms. The summed E-state index contributed by atoms with van der Waals surface area (Å²) in [6, 6.07) is 33.0. The molecule has 2 atom stereocenters. The summed E-state index contributed by atoms with van der Waals surface area (Å²) in [4.78, 5) is 16.0. The third-order valence-electron chi connectivity index (χ3n) is 7.88. The Morgan fingerprint density at radius 3 is 2.43 bits per heavy atom. The summed E-state index contributed by atoms with van der Waals surface area (Å²) in [7, 11) is 0. The molecule has 1 aromatic heterocycles. The van der Waals surface area contributed by atoms with E-state index in [1.165, 1.54) is 0 Å². The number of H-pyrrole nitrogens is 1. The molecule has 1 aliphatic heterocycles. The van der Waals surface area contributed by atoms with Crippen molar-refractivity contribution < 1.29 is 9.90 Å². The van der Waals surface area contributed by atoms with Crippen LogP contribution in [-0.4, -0.2) is 56.5 Å². The number of nitrogens with zero attached hydrogens (tertiary/aromatic N) is 3. The van der Waals surface area contributed by atoms with Crippen LogP contribution < -0.4 is 16.2 Å². The Labute approximate surface area is 257 Å². The summed E-state index contributed by atoms with van der Waals surface area (Å²) in [6.45, 7) is 5.89. The van der Waals surface area contributed by atoms with Crippen LogP contribution in [0.3, 0.4) is 0 Å². The standard InChI is InChI=1S/C35H37N7O2/c1-2-20-36-42(37-22-26-10-5-3-6-11-26)32-24-41(35(44)31(38-32)21-25-16-18-29(43)19-17-25)23-28-14-9-15-30-33(39-40-34(28)30)27-12-7-4-8-13-27/h2-19,31-32,36-38,43H,1,20-24H2,(H,39,40)/t31-,32-/m0/s1. The average molecular weight is 588 g/mol. The number of para-hydroxylation sites is 1. The molecule has 0 aliphatic carbocycles. The van der Waals surface area contributed by atoms with Crippen molar-refractivity contribution >= 4 is 16.8 Å². The van der Waals surface area contributed by atoms with E-state index in [-0.39, 0.29) is 17.8 Å². The van der Waals surface area contributed by atoms with Gasteiger partial charge in [0.05, 0.1) is 23.8 Å². The second-order valence-electron chi connectivity index (χ2n) is 10.9. The predicted molar refractivity (Wildman–Crippen MR) is 173 cm³/mol. The number of piperazine rings is 1. The van der Waals surface area contributed by atoms with Gasteiger partial charge in [-0.25, -0.2) is 10.9 Å². The van der Waals surface area contributed by atoms with Crippen LogP contribution in [0.15, 0.2) is 116 Å². The number of hydrogen-bond acceptors (Lipinski definition) is 7. The fourth-order valence-electron chi connectivity index (χ4n) is 5.65. The number of phenolic OH excluding ortho intramolecular Hbond substituents is 1. The van der Waals surface area contributed by atoms with Crippen molar-refractivity contribution in [3.8, 4) is 17.0 Å². The summed E-state index contributed by atoms with van der Waals surface area (Å²) in [5, 5.41) is 24.2. The first-order chi connectivity index (χ1) is 21.6. The summed E-state index contributed by atoms with van der Waals surface area (Å²) >= 11 is 0. The summed E-state index contributed by atoms with van der Waals surface area (Å²) in [5.74, 6) is 0.212. The van der Waals surface area contributed by atoms with Gasteiger partial charge in [0.25, 0.3) is 0 Å². The van der Waals surface area contributed by atoms with Crippen LogP contribution in [0.5, 0.6) is 5.75 Å². The number of aromatic hydroxyl groups is 1. The molecule has 6 rings (SSSR count). The van der Waals surface area contributed by atoms with Gasteiger partial charge in [0.2, 0.25) is 5.91 Å². The van der Waals surface area contributed by atoms with Crippen LogP contribution in [0.1, 0.15) is 16.7 Å². The Hall–Kier alpha value is -4.80. The number of hydrogen-bond donors (Lipinski definition) is 5. The number of amides is 1. The van der Waals surface area contributed by atoms with Gasteiger partial charge in [-0.05, 0) is 35.2 Å². The molecule has 5 N–H and O–H groups in total. The fourth-order valence-corrected chi connectivity index (χ4v) is 5.65. The number of benzene rings is 4. The Morgan fingerprint density at radius 1 is 0.932 bits per heavy atom. The minimum atomic E-state index is -0.481. The normalized spacial score (nSPS) is 16.9. The van der Waals surface area contributed by atoms with Crippen molar-refractivity contribution in [2.24, 2.45) is 0 Å². The lowest BCUT2D eigenvalue weighted by atomic mass is 10.0. The van der Waals surface area contributed by atoms with E-state index in [0.29, 0.717) is 32.6 Å². The van der Waals surface area contributed by atoms with Crippen LogP contribution in [0.25, 0.3) is 22.2 Å². The molecule has 44 heavy (non-hydrogen) atoms. The molecule has 1 saturated heterocycles. The lowest BCUT2D eigenvalue weighted by Gasteiger charge is -2.43. The predicted octanol–water partition coefficient (Wildman–Crippen LogP) is 4.50. The number of phenols is 1. The second-order valence-corrected chi connectivity index (χ2v) is 10.9. The average Bonchev–Trinajstić information content (AvgIpc) is 3.50. The van der Waals surface area contributed by atoms with E-state index in [4.69, 9.17) is 0 Å². The van der Waals surface area contributed by atoms with E-state index >= 15 is 0 Å². The number of aromatic amines is 1. The Bertz CT molecular complexity index is 1690. The van der Waals surface area contributed by atoms with E-state index in [1.54, 1.807) is 18.2 Å².